The van der Waals surface area contributed by atoms with Crippen LogP contribution < -0.4 is 16.6 Å². The summed E-state index contributed by atoms with van der Waals surface area (Å²) in [6.45, 7) is 7.61. The van der Waals surface area contributed by atoms with E-state index in [9.17, 15) is 18.3 Å². The molecule has 4 aromatic rings. The minimum absolute atomic E-state index is 0.244. The van der Waals surface area contributed by atoms with Crippen molar-refractivity contribution in [1.29, 1.82) is 0 Å². The number of carboxylic acid groups (broad SMARTS) is 1. The fraction of sp³-hybridized carbons (Fsp3) is 0.179. The molecule has 0 atom stereocenters. The van der Waals surface area contributed by atoms with Gasteiger partial charge in [-0.3, -0.25) is 0 Å². The van der Waals surface area contributed by atoms with Crippen LogP contribution in [0.4, 0.5) is 11.4 Å². The van der Waals surface area contributed by atoms with Gasteiger partial charge in [0.2, 0.25) is 5.03 Å². The molecule has 194 valence electrons. The number of nitrogens with zero attached hydrogens (tertiary/aromatic N) is 2. The van der Waals surface area contributed by atoms with Gasteiger partial charge in [-0.15, -0.1) is 0 Å². The monoisotopic (exact) mass is 529 g/mol. The molecule has 0 saturated carbocycles. The minimum atomic E-state index is -4.49. The molecular weight excluding hydrogens is 502 g/mol. The first kappa shape index (κ1) is 25.4. The first-order valence-corrected chi connectivity index (χ1v) is 13.4. The molecule has 5 rings (SSSR count). The third-order valence-electron chi connectivity index (χ3n) is 7.33. The second kappa shape index (κ2) is 8.37. The lowest BCUT2D eigenvalue weighted by atomic mass is 9.68. The van der Waals surface area contributed by atoms with Crippen LogP contribution in [0.2, 0.25) is 0 Å². The number of aromatic nitrogens is 2. The minimum Gasteiger partial charge on any atom is -0.476 e. The van der Waals surface area contributed by atoms with Crippen molar-refractivity contribution in [2.75, 3.05) is 11.5 Å². The number of primary sulfonamides is 1. The quantitative estimate of drug-likeness (QED) is 0.255. The highest BCUT2D eigenvalue weighted by Gasteiger charge is 2.50. The van der Waals surface area contributed by atoms with E-state index in [-0.39, 0.29) is 11.4 Å². The molecule has 1 aliphatic rings. The molecule has 0 spiro atoms. The number of nitrogens with two attached hydrogens (primary N) is 3. The topological polar surface area (TPSA) is 175 Å². The van der Waals surface area contributed by atoms with E-state index in [4.69, 9.17) is 16.6 Å². The van der Waals surface area contributed by atoms with E-state index in [0.29, 0.717) is 16.9 Å². The Morgan fingerprint density at radius 3 is 1.76 bits per heavy atom. The van der Waals surface area contributed by atoms with Crippen molar-refractivity contribution in [3.8, 4) is 11.3 Å². The second-order valence-electron chi connectivity index (χ2n) is 9.77. The Bertz CT molecular complexity index is 1690. The van der Waals surface area contributed by atoms with Crippen LogP contribution >= 0.6 is 0 Å². The summed E-state index contributed by atoms with van der Waals surface area (Å²) in [6, 6.07) is 15.2. The van der Waals surface area contributed by atoms with Gasteiger partial charge in [0.15, 0.2) is 5.69 Å². The zero-order chi connectivity index (χ0) is 27.7. The molecular formula is C28H27N5O4S. The van der Waals surface area contributed by atoms with E-state index in [1.165, 1.54) is 0 Å². The second-order valence-corrected chi connectivity index (χ2v) is 11.2. The van der Waals surface area contributed by atoms with Crippen molar-refractivity contribution in [2.45, 2.75) is 38.1 Å². The third-order valence-corrected chi connectivity index (χ3v) is 8.15. The molecule has 1 heterocycles. The zero-order valence-corrected chi connectivity index (χ0v) is 22.1. The fourth-order valence-electron chi connectivity index (χ4n) is 5.48. The van der Waals surface area contributed by atoms with Gasteiger partial charge in [0.05, 0.1) is 16.8 Å². The van der Waals surface area contributed by atoms with E-state index in [2.05, 4.69) is 9.97 Å². The predicted octanol–water partition coefficient (Wildman–Crippen LogP) is 3.58. The largest absolute Gasteiger partial charge is 0.476 e. The summed E-state index contributed by atoms with van der Waals surface area (Å²) in [5.41, 5.74) is 18.9. The number of aromatic carboxylic acids is 1. The standard InChI is InChI=1S/C28H27N5O4S/c1-13-9-17(10-14(2)21(13)29)28(18-11-15(3)22(30)16(4)12-18)20-8-6-5-7-19(20)23-25(28)32-24(27(34)35)26(33-23)38(31,36)37/h5-12H,29-30H2,1-4H3,(H,34,35)(H2,31,36,37). The number of carboxylic acids is 1. The highest BCUT2D eigenvalue weighted by atomic mass is 32.2. The van der Waals surface area contributed by atoms with Gasteiger partial charge in [-0.05, 0) is 66.6 Å². The Morgan fingerprint density at radius 2 is 1.32 bits per heavy atom. The summed E-state index contributed by atoms with van der Waals surface area (Å²) in [6.07, 6.45) is 0. The number of hydrogen-bond acceptors (Lipinski definition) is 7. The maximum Gasteiger partial charge on any atom is 0.357 e. The van der Waals surface area contributed by atoms with Crippen molar-refractivity contribution in [3.05, 3.63) is 98.9 Å². The number of benzene rings is 3. The molecule has 10 heteroatoms. The number of rotatable bonds is 4. The van der Waals surface area contributed by atoms with Crippen LogP contribution in [0.1, 0.15) is 55.1 Å². The third kappa shape index (κ3) is 3.48. The van der Waals surface area contributed by atoms with E-state index < -0.39 is 32.1 Å². The van der Waals surface area contributed by atoms with Gasteiger partial charge in [-0.25, -0.2) is 28.3 Å². The van der Waals surface area contributed by atoms with Crippen molar-refractivity contribution in [3.63, 3.8) is 0 Å². The predicted molar refractivity (Wildman–Crippen MR) is 145 cm³/mol. The molecule has 3 aromatic carbocycles. The smallest absolute Gasteiger partial charge is 0.357 e. The van der Waals surface area contributed by atoms with Gasteiger partial charge in [0, 0.05) is 16.9 Å². The molecule has 38 heavy (non-hydrogen) atoms. The lowest BCUT2D eigenvalue weighted by Crippen LogP contribution is -2.32. The van der Waals surface area contributed by atoms with E-state index >= 15 is 0 Å². The molecule has 0 bridgehead atoms. The number of carbonyl (C=O) groups is 1. The SMILES string of the molecule is Cc1cc(C2(c3cc(C)c(N)c(C)c3)c3ccccc3-c3nc(S(N)(=O)=O)c(C(=O)O)nc32)cc(C)c1N. The molecule has 0 amide bonds. The highest BCUT2D eigenvalue weighted by molar-refractivity contribution is 7.89. The van der Waals surface area contributed by atoms with Crippen LogP contribution in [0.15, 0.2) is 53.6 Å². The molecule has 1 aliphatic carbocycles. The van der Waals surface area contributed by atoms with Crippen LogP contribution in [0, 0.1) is 27.7 Å². The van der Waals surface area contributed by atoms with Crippen molar-refractivity contribution >= 4 is 27.4 Å². The van der Waals surface area contributed by atoms with E-state index in [1.807, 2.05) is 70.2 Å². The first-order valence-electron chi connectivity index (χ1n) is 11.8. The number of fused-ring (bicyclic) bond motifs is 3. The maximum atomic E-state index is 12.4. The summed E-state index contributed by atoms with van der Waals surface area (Å²) >= 11 is 0. The molecule has 0 fully saturated rings. The molecule has 9 nitrogen and oxygen atoms in total. The number of anilines is 2. The first-order chi connectivity index (χ1) is 17.8. The van der Waals surface area contributed by atoms with Gasteiger partial charge in [0.25, 0.3) is 10.0 Å². The molecule has 1 aromatic heterocycles. The summed E-state index contributed by atoms with van der Waals surface area (Å²) in [5, 5.41) is 14.6. The van der Waals surface area contributed by atoms with Crippen molar-refractivity contribution in [1.82, 2.24) is 9.97 Å². The number of sulfonamides is 1. The van der Waals surface area contributed by atoms with Crippen molar-refractivity contribution < 1.29 is 18.3 Å². The Morgan fingerprint density at radius 1 is 0.842 bits per heavy atom. The molecule has 0 aliphatic heterocycles. The number of nitrogen functional groups attached to an aromatic ring is 2. The fourth-order valence-corrected chi connectivity index (χ4v) is 6.11. The summed E-state index contributed by atoms with van der Waals surface area (Å²) in [7, 11) is -4.49. The normalized spacial score (nSPS) is 13.7. The van der Waals surface area contributed by atoms with Crippen LogP contribution in [0.25, 0.3) is 11.3 Å². The number of hydrogen-bond donors (Lipinski definition) is 4. The van der Waals surface area contributed by atoms with E-state index in [1.54, 1.807) is 6.07 Å². The Kier molecular flexibility index (Phi) is 5.59. The number of aryl methyl sites for hydroxylation is 4. The summed E-state index contributed by atoms with van der Waals surface area (Å²) in [5.74, 6) is -1.55. The zero-order valence-electron chi connectivity index (χ0n) is 21.3. The highest BCUT2D eigenvalue weighted by Crippen LogP contribution is 2.56. The van der Waals surface area contributed by atoms with Gasteiger partial charge >= 0.3 is 5.97 Å². The Labute approximate surface area is 220 Å². The molecule has 0 unspecified atom stereocenters. The van der Waals surface area contributed by atoms with Gasteiger partial charge in [-0.2, -0.15) is 0 Å². The lowest BCUT2D eigenvalue weighted by Gasteiger charge is -2.34. The van der Waals surface area contributed by atoms with Crippen LogP contribution in [-0.2, 0) is 15.4 Å². The summed E-state index contributed by atoms with van der Waals surface area (Å²) in [4.78, 5) is 21.1. The average molecular weight is 530 g/mol. The van der Waals surface area contributed by atoms with Crippen LogP contribution in [0.3, 0.4) is 0 Å². The molecule has 0 saturated heterocycles. The molecule has 7 N–H and O–H groups in total. The Balaban J connectivity index is 2.06. The van der Waals surface area contributed by atoms with Crippen LogP contribution in [0.5, 0.6) is 0 Å². The lowest BCUT2D eigenvalue weighted by molar-refractivity contribution is 0.0684. The van der Waals surface area contributed by atoms with Crippen LogP contribution in [-0.4, -0.2) is 29.5 Å². The van der Waals surface area contributed by atoms with E-state index in [0.717, 1.165) is 38.9 Å². The van der Waals surface area contributed by atoms with Gasteiger partial charge in [0.1, 0.15) is 0 Å². The van der Waals surface area contributed by atoms with Gasteiger partial charge < -0.3 is 16.6 Å². The van der Waals surface area contributed by atoms with Crippen molar-refractivity contribution in [2.24, 2.45) is 5.14 Å². The average Bonchev–Trinajstić information content (AvgIpc) is 3.14. The maximum absolute atomic E-state index is 12.4. The van der Waals surface area contributed by atoms with Gasteiger partial charge in [-0.1, -0.05) is 48.5 Å². The summed E-state index contributed by atoms with van der Waals surface area (Å²) < 4.78 is 24.8. The Hall–Kier alpha value is -4.28. The molecule has 0 radical (unpaired) electrons.